The summed E-state index contributed by atoms with van der Waals surface area (Å²) in [6.45, 7) is 0.319. The molecule has 13 heavy (non-hydrogen) atoms. The maximum Gasteiger partial charge on any atom is 0.276 e. The van der Waals surface area contributed by atoms with Crippen LogP contribution in [0.3, 0.4) is 0 Å². The van der Waals surface area contributed by atoms with Crippen LogP contribution in [0, 0.1) is 0 Å². The Hall–Kier alpha value is 0.0500. The minimum Gasteiger partial charge on any atom is -0.205 e. The molecule has 0 amide bonds. The van der Waals surface area contributed by atoms with Crippen LogP contribution in [0.2, 0.25) is 0 Å². The number of thiophene rings is 1. The largest absolute Gasteiger partial charge is 0.276 e. The van der Waals surface area contributed by atoms with Gasteiger partial charge in [0.05, 0.1) is 0 Å². The first-order valence-corrected chi connectivity index (χ1v) is 6.60. The van der Waals surface area contributed by atoms with Crippen LogP contribution in [0.5, 0.6) is 0 Å². The summed E-state index contributed by atoms with van der Waals surface area (Å²) in [5, 5.41) is 1.91. The number of hydrogen-bond acceptors (Lipinski definition) is 3. The predicted molar refractivity (Wildman–Crippen MR) is 56.8 cm³/mol. The Morgan fingerprint density at radius 1 is 1.62 bits per heavy atom. The first-order chi connectivity index (χ1) is 6.03. The van der Waals surface area contributed by atoms with Crippen molar-refractivity contribution in [2.75, 3.05) is 7.05 Å². The van der Waals surface area contributed by atoms with Gasteiger partial charge in [0.15, 0.2) is 0 Å². The van der Waals surface area contributed by atoms with Gasteiger partial charge in [-0.25, -0.2) is 4.72 Å². The highest BCUT2D eigenvalue weighted by Gasteiger charge is 2.05. The third-order valence-electron chi connectivity index (χ3n) is 1.33. The van der Waals surface area contributed by atoms with Gasteiger partial charge in [-0.3, -0.25) is 0 Å². The van der Waals surface area contributed by atoms with E-state index in [9.17, 15) is 8.42 Å². The standard InChI is InChI=1S/C6H9BrN2O2S2/c1-8-13(10,11)9-3-6-2-5(7)4-12-6/h2,4,8-9H,3H2,1H3. The summed E-state index contributed by atoms with van der Waals surface area (Å²) in [6, 6.07) is 1.88. The molecule has 0 atom stereocenters. The number of hydrogen-bond donors (Lipinski definition) is 2. The second-order valence-corrected chi connectivity index (χ2v) is 5.88. The van der Waals surface area contributed by atoms with Gasteiger partial charge in [-0.1, -0.05) is 0 Å². The highest BCUT2D eigenvalue weighted by atomic mass is 79.9. The first-order valence-electron chi connectivity index (χ1n) is 3.44. The molecule has 0 spiro atoms. The zero-order valence-electron chi connectivity index (χ0n) is 6.87. The Morgan fingerprint density at radius 3 is 2.77 bits per heavy atom. The van der Waals surface area contributed by atoms with Crippen molar-refractivity contribution < 1.29 is 8.42 Å². The van der Waals surface area contributed by atoms with Gasteiger partial charge < -0.3 is 0 Å². The molecule has 0 radical (unpaired) electrons. The predicted octanol–water partition coefficient (Wildman–Crippen LogP) is 1.06. The van der Waals surface area contributed by atoms with Gasteiger partial charge in [-0.2, -0.15) is 13.1 Å². The van der Waals surface area contributed by atoms with E-state index in [1.807, 2.05) is 11.4 Å². The zero-order chi connectivity index (χ0) is 9.90. The highest BCUT2D eigenvalue weighted by molar-refractivity contribution is 9.10. The smallest absolute Gasteiger partial charge is 0.205 e. The van der Waals surface area contributed by atoms with Crippen LogP contribution in [-0.4, -0.2) is 15.5 Å². The topological polar surface area (TPSA) is 58.2 Å². The van der Waals surface area contributed by atoms with Gasteiger partial charge in [-0.15, -0.1) is 11.3 Å². The molecule has 1 rings (SSSR count). The van der Waals surface area contributed by atoms with E-state index in [1.54, 1.807) is 0 Å². The monoisotopic (exact) mass is 284 g/mol. The highest BCUT2D eigenvalue weighted by Crippen LogP contribution is 2.19. The van der Waals surface area contributed by atoms with Crippen molar-refractivity contribution in [2.45, 2.75) is 6.54 Å². The van der Waals surface area contributed by atoms with Crippen molar-refractivity contribution in [1.82, 2.24) is 9.44 Å². The molecule has 1 aromatic heterocycles. The fourth-order valence-corrected chi connectivity index (χ4v) is 2.66. The molecule has 0 unspecified atom stereocenters. The van der Waals surface area contributed by atoms with Gasteiger partial charge in [-0.05, 0) is 22.0 Å². The summed E-state index contributed by atoms with van der Waals surface area (Å²) >= 11 is 4.79. The van der Waals surface area contributed by atoms with Crippen LogP contribution < -0.4 is 9.44 Å². The minimum atomic E-state index is -3.32. The molecule has 4 nitrogen and oxygen atoms in total. The molecular formula is C6H9BrN2O2S2. The van der Waals surface area contributed by atoms with Gasteiger partial charge in [0, 0.05) is 28.3 Å². The molecule has 0 aliphatic rings. The molecule has 0 aromatic carbocycles. The molecule has 0 bridgehead atoms. The van der Waals surface area contributed by atoms with E-state index >= 15 is 0 Å². The average Bonchev–Trinajstić information content (AvgIpc) is 2.48. The van der Waals surface area contributed by atoms with Gasteiger partial charge in [0.2, 0.25) is 0 Å². The Bertz CT molecular complexity index is 374. The minimum absolute atomic E-state index is 0.319. The third-order valence-corrected chi connectivity index (χ3v) is 4.09. The Balaban J connectivity index is 2.53. The van der Waals surface area contributed by atoms with Crippen LogP contribution >= 0.6 is 27.3 Å². The van der Waals surface area contributed by atoms with E-state index in [2.05, 4.69) is 25.4 Å². The molecule has 74 valence electrons. The van der Waals surface area contributed by atoms with E-state index < -0.39 is 10.2 Å². The maximum atomic E-state index is 11.0. The lowest BCUT2D eigenvalue weighted by molar-refractivity contribution is 0.573. The number of halogens is 1. The van der Waals surface area contributed by atoms with Crippen molar-refractivity contribution in [3.63, 3.8) is 0 Å². The van der Waals surface area contributed by atoms with Crippen molar-refractivity contribution in [3.8, 4) is 0 Å². The third kappa shape index (κ3) is 3.74. The molecule has 0 aliphatic heterocycles. The van der Waals surface area contributed by atoms with Crippen molar-refractivity contribution in [1.29, 1.82) is 0 Å². The molecule has 0 saturated heterocycles. The molecule has 0 fully saturated rings. The van der Waals surface area contributed by atoms with E-state index in [1.165, 1.54) is 18.4 Å². The first kappa shape index (κ1) is 11.1. The van der Waals surface area contributed by atoms with Crippen LogP contribution in [0.4, 0.5) is 0 Å². The SMILES string of the molecule is CNS(=O)(=O)NCc1cc(Br)cs1. The summed E-state index contributed by atoms with van der Waals surface area (Å²) in [4.78, 5) is 0.964. The summed E-state index contributed by atoms with van der Waals surface area (Å²) in [5.74, 6) is 0. The quantitative estimate of drug-likeness (QED) is 0.869. The molecule has 1 aromatic rings. The summed E-state index contributed by atoms with van der Waals surface area (Å²) < 4.78 is 27.4. The molecule has 0 saturated carbocycles. The summed E-state index contributed by atoms with van der Waals surface area (Å²) in [5.41, 5.74) is 0. The van der Waals surface area contributed by atoms with E-state index in [0.29, 0.717) is 6.54 Å². The van der Waals surface area contributed by atoms with Crippen LogP contribution in [0.1, 0.15) is 4.88 Å². The molecule has 2 N–H and O–H groups in total. The lowest BCUT2D eigenvalue weighted by Crippen LogP contribution is -2.33. The number of nitrogens with one attached hydrogen (secondary N) is 2. The normalized spacial score (nSPS) is 11.8. The van der Waals surface area contributed by atoms with E-state index in [-0.39, 0.29) is 0 Å². The molecule has 1 heterocycles. The van der Waals surface area contributed by atoms with Crippen LogP contribution in [0.25, 0.3) is 0 Å². The number of rotatable bonds is 4. The second kappa shape index (κ2) is 4.52. The van der Waals surface area contributed by atoms with Gasteiger partial charge in [0.1, 0.15) is 0 Å². The van der Waals surface area contributed by atoms with Crippen LogP contribution in [0.15, 0.2) is 15.9 Å². The van der Waals surface area contributed by atoms with Crippen LogP contribution in [-0.2, 0) is 16.8 Å². The van der Waals surface area contributed by atoms with E-state index in [0.717, 1.165) is 9.35 Å². The summed E-state index contributed by atoms with van der Waals surface area (Å²) in [6.07, 6.45) is 0. The van der Waals surface area contributed by atoms with Crippen molar-refractivity contribution in [3.05, 3.63) is 20.8 Å². The fourth-order valence-electron chi connectivity index (χ4n) is 0.685. The molecule has 7 heteroatoms. The average molecular weight is 285 g/mol. The fraction of sp³-hybridized carbons (Fsp3) is 0.333. The second-order valence-electron chi connectivity index (χ2n) is 2.26. The zero-order valence-corrected chi connectivity index (χ0v) is 10.1. The molecular weight excluding hydrogens is 276 g/mol. The van der Waals surface area contributed by atoms with E-state index in [4.69, 9.17) is 0 Å². The Kier molecular flexibility index (Phi) is 3.87. The Labute approximate surface area is 89.7 Å². The molecule has 0 aliphatic carbocycles. The van der Waals surface area contributed by atoms with Crippen molar-refractivity contribution >= 4 is 37.5 Å². The van der Waals surface area contributed by atoms with Crippen molar-refractivity contribution in [2.24, 2.45) is 0 Å². The van der Waals surface area contributed by atoms with Gasteiger partial charge >= 0.3 is 0 Å². The maximum absolute atomic E-state index is 11.0. The Morgan fingerprint density at radius 2 is 2.31 bits per heavy atom. The van der Waals surface area contributed by atoms with Gasteiger partial charge in [0.25, 0.3) is 10.2 Å². The lowest BCUT2D eigenvalue weighted by Gasteiger charge is -2.01. The lowest BCUT2D eigenvalue weighted by atomic mass is 10.5. The summed E-state index contributed by atoms with van der Waals surface area (Å²) in [7, 11) is -1.95.